The fourth-order valence-corrected chi connectivity index (χ4v) is 4.22. The van der Waals surface area contributed by atoms with Gasteiger partial charge in [0.25, 0.3) is 0 Å². The van der Waals surface area contributed by atoms with Gasteiger partial charge >= 0.3 is 12.4 Å². The average molecular weight is 528 g/mol. The highest BCUT2D eigenvalue weighted by molar-refractivity contribution is 6.06. The third-order valence-electron chi connectivity index (χ3n) is 6.00. The zero-order chi connectivity index (χ0) is 27.5. The molecule has 0 aromatic heterocycles. The minimum Gasteiger partial charge on any atom is -0.496 e. The monoisotopic (exact) mass is 528 g/mol. The minimum absolute atomic E-state index is 0.406. The number of hydrogen-bond acceptors (Lipinski definition) is 2. The Morgan fingerprint density at radius 1 is 0.474 bits per heavy atom. The number of ether oxygens (including phenoxy) is 2. The third-order valence-corrected chi connectivity index (χ3v) is 6.00. The lowest BCUT2D eigenvalue weighted by atomic mass is 9.84. The zero-order valence-corrected chi connectivity index (χ0v) is 20.3. The largest absolute Gasteiger partial charge is 0.496 e. The van der Waals surface area contributed by atoms with Crippen LogP contribution in [-0.2, 0) is 12.4 Å². The van der Waals surface area contributed by atoms with Crippen molar-refractivity contribution in [2.45, 2.75) is 12.4 Å². The van der Waals surface area contributed by atoms with Crippen molar-refractivity contribution in [2.24, 2.45) is 0 Å². The van der Waals surface area contributed by atoms with E-state index in [2.05, 4.69) is 0 Å². The molecule has 4 aromatic carbocycles. The Morgan fingerprint density at radius 2 is 0.789 bits per heavy atom. The van der Waals surface area contributed by atoms with Crippen molar-refractivity contribution >= 4 is 11.1 Å². The van der Waals surface area contributed by atoms with Crippen LogP contribution in [0, 0.1) is 0 Å². The van der Waals surface area contributed by atoms with Crippen molar-refractivity contribution in [1.29, 1.82) is 0 Å². The summed E-state index contributed by atoms with van der Waals surface area (Å²) in [7, 11) is 2.92. The first-order chi connectivity index (χ1) is 18.0. The van der Waals surface area contributed by atoms with E-state index in [1.807, 2.05) is 0 Å². The van der Waals surface area contributed by atoms with Gasteiger partial charge in [-0.05, 0) is 47.5 Å². The fraction of sp³-hybridized carbons (Fsp3) is 0.133. The van der Waals surface area contributed by atoms with Gasteiger partial charge in [0.15, 0.2) is 0 Å². The number of methoxy groups -OCH3 is 2. The van der Waals surface area contributed by atoms with Crippen LogP contribution in [0.25, 0.3) is 11.1 Å². The molecule has 0 aliphatic carbocycles. The van der Waals surface area contributed by atoms with Crippen molar-refractivity contribution in [3.63, 3.8) is 0 Å². The Morgan fingerprint density at radius 3 is 1.08 bits per heavy atom. The maximum absolute atomic E-state index is 13.3. The Balaban J connectivity index is 2.13. The van der Waals surface area contributed by atoms with E-state index in [0.29, 0.717) is 44.9 Å². The summed E-state index contributed by atoms with van der Waals surface area (Å²) >= 11 is 0. The second-order valence-corrected chi connectivity index (χ2v) is 8.30. The molecule has 0 atom stereocenters. The predicted molar refractivity (Wildman–Crippen MR) is 134 cm³/mol. The zero-order valence-electron chi connectivity index (χ0n) is 20.3. The van der Waals surface area contributed by atoms with Crippen LogP contribution < -0.4 is 9.47 Å². The molecule has 0 amide bonds. The van der Waals surface area contributed by atoms with Crippen molar-refractivity contribution in [3.05, 3.63) is 130 Å². The van der Waals surface area contributed by atoms with E-state index >= 15 is 0 Å². The molecule has 8 heteroatoms. The summed E-state index contributed by atoms with van der Waals surface area (Å²) in [5.41, 5.74) is 1.15. The molecule has 0 fully saturated rings. The van der Waals surface area contributed by atoms with Crippen molar-refractivity contribution < 1.29 is 35.8 Å². The number of halogens is 6. The normalized spacial score (nSPS) is 12.6. The summed E-state index contributed by atoms with van der Waals surface area (Å²) in [6, 6.07) is 23.1. The Kier molecular flexibility index (Phi) is 7.53. The fourth-order valence-electron chi connectivity index (χ4n) is 4.22. The van der Waals surface area contributed by atoms with E-state index in [0.717, 1.165) is 24.3 Å². The van der Waals surface area contributed by atoms with Crippen LogP contribution in [0.2, 0.25) is 0 Å². The molecule has 0 bridgehead atoms. The van der Waals surface area contributed by atoms with Crippen LogP contribution in [0.4, 0.5) is 26.3 Å². The van der Waals surface area contributed by atoms with Gasteiger partial charge < -0.3 is 9.47 Å². The Labute approximate surface area is 215 Å². The second kappa shape index (κ2) is 10.7. The Bertz CT molecular complexity index is 1320. The van der Waals surface area contributed by atoms with Gasteiger partial charge in [-0.15, -0.1) is 0 Å². The van der Waals surface area contributed by atoms with Gasteiger partial charge in [0.2, 0.25) is 0 Å². The molecule has 2 nitrogen and oxygen atoms in total. The quantitative estimate of drug-likeness (QED) is 0.184. The highest BCUT2D eigenvalue weighted by Gasteiger charge is 2.32. The van der Waals surface area contributed by atoms with Gasteiger partial charge in [0.1, 0.15) is 11.5 Å². The molecule has 38 heavy (non-hydrogen) atoms. The summed E-state index contributed by atoms with van der Waals surface area (Å²) in [6.07, 6.45) is -9.07. The standard InChI is InChI=1S/C30H22F6O2/c1-37-25-9-5-3-7-23(25)27(19-11-15-21(16-12-19)29(31,32)33)28(24-8-4-6-10-26(24)38-2)20-13-17-22(18-14-20)30(34,35)36/h3-18H,1-2H3/b28-27+. The molecular formula is C30H22F6O2. The molecule has 4 aromatic rings. The number of para-hydroxylation sites is 2. The van der Waals surface area contributed by atoms with Crippen molar-refractivity contribution in [3.8, 4) is 11.5 Å². The summed E-state index contributed by atoms with van der Waals surface area (Å²) in [5.74, 6) is 0.864. The molecule has 0 radical (unpaired) electrons. The molecule has 0 spiro atoms. The van der Waals surface area contributed by atoms with Crippen LogP contribution in [-0.4, -0.2) is 14.2 Å². The number of alkyl halides is 6. The van der Waals surface area contributed by atoms with E-state index in [-0.39, 0.29) is 0 Å². The van der Waals surface area contributed by atoms with E-state index in [4.69, 9.17) is 9.47 Å². The number of rotatable bonds is 6. The highest BCUT2D eigenvalue weighted by Crippen LogP contribution is 2.44. The highest BCUT2D eigenvalue weighted by atomic mass is 19.4. The molecule has 0 heterocycles. The maximum atomic E-state index is 13.3. The maximum Gasteiger partial charge on any atom is 0.416 e. The molecule has 4 rings (SSSR count). The molecule has 196 valence electrons. The third kappa shape index (κ3) is 5.54. The Hall–Kier alpha value is -4.20. The van der Waals surface area contributed by atoms with Gasteiger partial charge in [-0.3, -0.25) is 0 Å². The first-order valence-electron chi connectivity index (χ1n) is 11.4. The SMILES string of the molecule is COc1ccccc1/C(=C(\c1ccc(C(F)(F)F)cc1)c1ccccc1OC)c1ccc(C(F)(F)F)cc1. The lowest BCUT2D eigenvalue weighted by Gasteiger charge is -2.22. The van der Waals surface area contributed by atoms with Crippen LogP contribution in [0.3, 0.4) is 0 Å². The van der Waals surface area contributed by atoms with Gasteiger partial charge in [0.05, 0.1) is 25.3 Å². The van der Waals surface area contributed by atoms with E-state index < -0.39 is 23.5 Å². The van der Waals surface area contributed by atoms with Crippen molar-refractivity contribution in [2.75, 3.05) is 14.2 Å². The number of benzene rings is 4. The van der Waals surface area contributed by atoms with Gasteiger partial charge in [0, 0.05) is 22.3 Å². The molecule has 0 N–H and O–H groups in total. The molecular weight excluding hydrogens is 506 g/mol. The van der Waals surface area contributed by atoms with Gasteiger partial charge in [-0.2, -0.15) is 26.3 Å². The molecule has 0 aliphatic heterocycles. The van der Waals surface area contributed by atoms with Crippen LogP contribution in [0.1, 0.15) is 33.4 Å². The van der Waals surface area contributed by atoms with Gasteiger partial charge in [-0.25, -0.2) is 0 Å². The summed E-state index contributed by atoms with van der Waals surface area (Å²) in [4.78, 5) is 0. The minimum atomic E-state index is -4.54. The van der Waals surface area contributed by atoms with Crippen LogP contribution in [0.15, 0.2) is 97.1 Å². The van der Waals surface area contributed by atoms with E-state index in [1.54, 1.807) is 48.5 Å². The molecule has 0 unspecified atom stereocenters. The van der Waals surface area contributed by atoms with Crippen molar-refractivity contribution in [1.82, 2.24) is 0 Å². The summed E-state index contributed by atoms with van der Waals surface area (Å²) in [6.45, 7) is 0. The van der Waals surface area contributed by atoms with E-state index in [1.165, 1.54) is 38.5 Å². The van der Waals surface area contributed by atoms with Crippen LogP contribution >= 0.6 is 0 Å². The molecule has 0 saturated heterocycles. The summed E-state index contributed by atoms with van der Waals surface area (Å²) in [5, 5.41) is 0. The molecule has 0 saturated carbocycles. The lowest BCUT2D eigenvalue weighted by Crippen LogP contribution is -2.06. The van der Waals surface area contributed by atoms with Crippen LogP contribution in [0.5, 0.6) is 11.5 Å². The smallest absolute Gasteiger partial charge is 0.416 e. The van der Waals surface area contributed by atoms with E-state index in [9.17, 15) is 26.3 Å². The molecule has 0 aliphatic rings. The first kappa shape index (κ1) is 26.9. The number of hydrogen-bond donors (Lipinski definition) is 0. The predicted octanol–water partition coefficient (Wildman–Crippen LogP) is 8.75. The lowest BCUT2D eigenvalue weighted by molar-refractivity contribution is -0.138. The summed E-state index contributed by atoms with van der Waals surface area (Å²) < 4.78 is 91.2. The average Bonchev–Trinajstić information content (AvgIpc) is 2.91. The first-order valence-corrected chi connectivity index (χ1v) is 11.4. The second-order valence-electron chi connectivity index (χ2n) is 8.30. The topological polar surface area (TPSA) is 18.5 Å². The van der Waals surface area contributed by atoms with Gasteiger partial charge in [-0.1, -0.05) is 60.7 Å².